The molecule has 2 fully saturated rings. The van der Waals surface area contributed by atoms with Crippen LogP contribution in [0, 0.1) is 0 Å². The van der Waals surface area contributed by atoms with Gasteiger partial charge in [-0.3, -0.25) is 14.7 Å². The van der Waals surface area contributed by atoms with E-state index in [1.54, 1.807) is 31.6 Å². The van der Waals surface area contributed by atoms with Crippen LogP contribution >= 0.6 is 0 Å². The number of nitrogens with one attached hydrogen (secondary N) is 1. The fourth-order valence-corrected chi connectivity index (χ4v) is 5.24. The Morgan fingerprint density at radius 2 is 1.89 bits per heavy atom. The Kier molecular flexibility index (Phi) is 8.78. The number of carbonyl (C=O) groups excluding carboxylic acids is 1. The Hall–Kier alpha value is -3.14. The lowest BCUT2D eigenvalue weighted by Gasteiger charge is -2.38. The van der Waals surface area contributed by atoms with Gasteiger partial charge in [-0.1, -0.05) is 36.4 Å². The first kappa shape index (κ1) is 26.5. The van der Waals surface area contributed by atoms with Crippen LogP contribution in [0.25, 0.3) is 0 Å². The lowest BCUT2D eigenvalue weighted by Crippen LogP contribution is -2.42. The number of ether oxygens (including phenoxy) is 3. The third kappa shape index (κ3) is 6.46. The highest BCUT2D eigenvalue weighted by Gasteiger charge is 2.35. The van der Waals surface area contributed by atoms with Crippen molar-refractivity contribution in [2.45, 2.75) is 50.4 Å². The molecule has 3 aromatic rings. The first-order valence-electron chi connectivity index (χ1n) is 13.2. The van der Waals surface area contributed by atoms with Gasteiger partial charge >= 0.3 is 0 Å². The van der Waals surface area contributed by atoms with E-state index >= 15 is 0 Å². The standard InChI is InChI=1S/C30H35N3O5/c1-36-20-26-5-3-15-33(26)18-27-16-28(22-8-6-21(19-34)7-9-22)38-30(37-27)23-10-12-25(13-11-23)32-29(35)24-4-2-14-31-17-24/h2,4,6-14,17,26-28,30,34H,3,5,15-16,18-20H2,1H3,(H,32,35). The van der Waals surface area contributed by atoms with Gasteiger partial charge in [0.15, 0.2) is 6.29 Å². The number of likely N-dealkylation sites (tertiary alicyclic amines) is 1. The van der Waals surface area contributed by atoms with Gasteiger partial charge in [0.2, 0.25) is 0 Å². The first-order valence-corrected chi connectivity index (χ1v) is 13.2. The van der Waals surface area contributed by atoms with E-state index in [1.165, 1.54) is 6.42 Å². The van der Waals surface area contributed by atoms with Gasteiger partial charge in [-0.15, -0.1) is 0 Å². The van der Waals surface area contributed by atoms with E-state index in [0.717, 1.165) is 49.2 Å². The van der Waals surface area contributed by atoms with Gasteiger partial charge in [-0.05, 0) is 54.8 Å². The largest absolute Gasteiger partial charge is 0.392 e. The van der Waals surface area contributed by atoms with Crippen molar-refractivity contribution < 1.29 is 24.1 Å². The Labute approximate surface area is 223 Å². The van der Waals surface area contributed by atoms with Crippen molar-refractivity contribution in [3.05, 3.63) is 95.3 Å². The lowest BCUT2D eigenvalue weighted by molar-refractivity contribution is -0.253. The molecule has 8 heteroatoms. The minimum absolute atomic E-state index is 0.0136. The van der Waals surface area contributed by atoms with Crippen molar-refractivity contribution >= 4 is 11.6 Å². The molecule has 5 rings (SSSR count). The van der Waals surface area contributed by atoms with E-state index in [4.69, 9.17) is 14.2 Å². The van der Waals surface area contributed by atoms with Crippen LogP contribution in [0.15, 0.2) is 73.1 Å². The fourth-order valence-electron chi connectivity index (χ4n) is 5.24. The summed E-state index contributed by atoms with van der Waals surface area (Å²) in [4.78, 5) is 19.0. The number of nitrogens with zero attached hydrogens (tertiary/aromatic N) is 2. The van der Waals surface area contributed by atoms with Crippen LogP contribution in [-0.4, -0.2) is 59.8 Å². The molecular formula is C30H35N3O5. The number of methoxy groups -OCH3 is 1. The Morgan fingerprint density at radius 1 is 1.11 bits per heavy atom. The summed E-state index contributed by atoms with van der Waals surface area (Å²) in [6, 6.07) is 19.4. The molecular weight excluding hydrogens is 482 g/mol. The van der Waals surface area contributed by atoms with Gasteiger partial charge in [-0.25, -0.2) is 0 Å². The summed E-state index contributed by atoms with van der Waals surface area (Å²) in [7, 11) is 1.76. The van der Waals surface area contributed by atoms with Crippen molar-refractivity contribution in [1.29, 1.82) is 0 Å². The molecule has 1 aromatic heterocycles. The van der Waals surface area contributed by atoms with Crippen LogP contribution in [0.4, 0.5) is 5.69 Å². The molecule has 38 heavy (non-hydrogen) atoms. The van der Waals surface area contributed by atoms with Gasteiger partial charge in [0.25, 0.3) is 5.91 Å². The van der Waals surface area contributed by atoms with Gasteiger partial charge in [0, 0.05) is 49.8 Å². The number of anilines is 1. The van der Waals surface area contributed by atoms with Crippen LogP contribution in [0.5, 0.6) is 0 Å². The second-order valence-corrected chi connectivity index (χ2v) is 9.91. The summed E-state index contributed by atoms with van der Waals surface area (Å²) in [5.74, 6) is -0.210. The molecule has 4 atom stereocenters. The quantitative estimate of drug-likeness (QED) is 0.432. The first-order chi connectivity index (χ1) is 18.6. The molecule has 4 unspecified atom stereocenters. The third-order valence-corrected chi connectivity index (χ3v) is 7.28. The zero-order chi connectivity index (χ0) is 26.3. The summed E-state index contributed by atoms with van der Waals surface area (Å²) in [6.07, 6.45) is 5.53. The monoisotopic (exact) mass is 517 g/mol. The predicted molar refractivity (Wildman–Crippen MR) is 144 cm³/mol. The Morgan fingerprint density at radius 3 is 2.61 bits per heavy atom. The van der Waals surface area contributed by atoms with E-state index in [-0.39, 0.29) is 24.7 Å². The number of hydrogen-bond acceptors (Lipinski definition) is 7. The van der Waals surface area contributed by atoms with Crippen molar-refractivity contribution in [2.24, 2.45) is 0 Å². The summed E-state index contributed by atoms with van der Waals surface area (Å²) < 4.78 is 18.4. The summed E-state index contributed by atoms with van der Waals surface area (Å²) in [6.45, 7) is 2.60. The van der Waals surface area contributed by atoms with Crippen LogP contribution in [0.3, 0.4) is 0 Å². The van der Waals surface area contributed by atoms with Crippen molar-refractivity contribution in [3.63, 3.8) is 0 Å². The number of benzene rings is 2. The molecule has 2 aliphatic heterocycles. The van der Waals surface area contributed by atoms with E-state index in [2.05, 4.69) is 15.2 Å². The number of rotatable bonds is 9. The van der Waals surface area contributed by atoms with E-state index in [0.29, 0.717) is 17.3 Å². The summed E-state index contributed by atoms with van der Waals surface area (Å²) in [5.41, 5.74) is 4.02. The highest BCUT2D eigenvalue weighted by molar-refractivity contribution is 6.03. The topological polar surface area (TPSA) is 93.2 Å². The van der Waals surface area contributed by atoms with Gasteiger partial charge in [0.05, 0.1) is 31.0 Å². The van der Waals surface area contributed by atoms with Gasteiger partial charge in [0.1, 0.15) is 0 Å². The smallest absolute Gasteiger partial charge is 0.257 e. The maximum absolute atomic E-state index is 12.5. The average Bonchev–Trinajstić information content (AvgIpc) is 3.40. The normalized spacial score (nSPS) is 23.8. The molecule has 3 heterocycles. The lowest BCUT2D eigenvalue weighted by atomic mass is 9.99. The molecule has 0 saturated carbocycles. The molecule has 2 aromatic carbocycles. The Balaban J connectivity index is 1.31. The molecule has 200 valence electrons. The fraction of sp³-hybridized carbons (Fsp3) is 0.400. The average molecular weight is 518 g/mol. The van der Waals surface area contributed by atoms with Gasteiger partial charge < -0.3 is 24.6 Å². The maximum atomic E-state index is 12.5. The molecule has 2 aliphatic rings. The third-order valence-electron chi connectivity index (χ3n) is 7.28. The molecule has 0 radical (unpaired) electrons. The zero-order valence-corrected chi connectivity index (χ0v) is 21.7. The highest BCUT2D eigenvalue weighted by Crippen LogP contribution is 2.39. The number of hydrogen-bond donors (Lipinski definition) is 2. The number of carbonyl (C=O) groups is 1. The molecule has 0 aliphatic carbocycles. The minimum Gasteiger partial charge on any atom is -0.392 e. The zero-order valence-electron chi connectivity index (χ0n) is 21.7. The minimum atomic E-state index is -0.539. The number of aromatic nitrogens is 1. The maximum Gasteiger partial charge on any atom is 0.257 e. The predicted octanol–water partition coefficient (Wildman–Crippen LogP) is 4.48. The van der Waals surface area contributed by atoms with Gasteiger partial charge in [-0.2, -0.15) is 0 Å². The number of aliphatic hydroxyl groups excluding tert-OH is 1. The van der Waals surface area contributed by atoms with Crippen molar-refractivity contribution in [2.75, 3.05) is 32.1 Å². The molecule has 1 amide bonds. The number of amides is 1. The molecule has 0 spiro atoms. The van der Waals surface area contributed by atoms with E-state index in [1.807, 2.05) is 48.5 Å². The van der Waals surface area contributed by atoms with Crippen molar-refractivity contribution in [1.82, 2.24) is 9.88 Å². The number of aliphatic hydroxyl groups is 1. The van der Waals surface area contributed by atoms with E-state index in [9.17, 15) is 9.90 Å². The molecule has 2 saturated heterocycles. The summed E-state index contributed by atoms with van der Waals surface area (Å²) >= 11 is 0. The second kappa shape index (κ2) is 12.6. The van der Waals surface area contributed by atoms with Crippen LogP contribution in [-0.2, 0) is 20.8 Å². The van der Waals surface area contributed by atoms with Crippen molar-refractivity contribution in [3.8, 4) is 0 Å². The van der Waals surface area contributed by atoms with Crippen LogP contribution in [0.2, 0.25) is 0 Å². The number of pyridine rings is 1. The molecule has 0 bridgehead atoms. The Bertz CT molecular complexity index is 1170. The highest BCUT2D eigenvalue weighted by atomic mass is 16.7. The van der Waals surface area contributed by atoms with Crippen LogP contribution < -0.4 is 5.32 Å². The summed E-state index contributed by atoms with van der Waals surface area (Å²) in [5, 5.41) is 12.4. The molecule has 8 nitrogen and oxygen atoms in total. The SMILES string of the molecule is COCC1CCCN1CC1CC(c2ccc(CO)cc2)OC(c2ccc(NC(=O)c3cccnc3)cc2)O1. The second-order valence-electron chi connectivity index (χ2n) is 9.91. The molecule has 2 N–H and O–H groups in total. The van der Waals surface area contributed by atoms with Crippen LogP contribution in [0.1, 0.15) is 58.7 Å². The van der Waals surface area contributed by atoms with E-state index < -0.39 is 6.29 Å².